The Bertz CT molecular complexity index is 445. The fourth-order valence-electron chi connectivity index (χ4n) is 1.81. The van der Waals surface area contributed by atoms with Crippen LogP contribution in [-0.2, 0) is 11.2 Å². The van der Waals surface area contributed by atoms with Gasteiger partial charge in [-0.2, -0.15) is 0 Å². The summed E-state index contributed by atoms with van der Waals surface area (Å²) in [6.45, 7) is 1.99. The highest BCUT2D eigenvalue weighted by Gasteiger charge is 2.20. The second-order valence-electron chi connectivity index (χ2n) is 4.59. The number of hydrogen-bond acceptors (Lipinski definition) is 3. The maximum atomic E-state index is 11.1. The van der Waals surface area contributed by atoms with Crippen LogP contribution in [0, 0.1) is 6.92 Å². The second kappa shape index (κ2) is 6.75. The van der Waals surface area contributed by atoms with Crippen molar-refractivity contribution in [2.24, 2.45) is 11.5 Å². The van der Waals surface area contributed by atoms with Crippen LogP contribution in [0.25, 0.3) is 0 Å². The van der Waals surface area contributed by atoms with E-state index >= 15 is 0 Å². The smallest absolute Gasteiger partial charge is 0.405 e. The quantitative estimate of drug-likeness (QED) is 0.594. The Balaban J connectivity index is 2.57. The van der Waals surface area contributed by atoms with Crippen molar-refractivity contribution in [3.05, 3.63) is 35.4 Å². The molecule has 6 heteroatoms. The molecule has 0 bridgehead atoms. The molecule has 0 fully saturated rings. The zero-order valence-corrected chi connectivity index (χ0v) is 10.8. The number of aryl methyl sites for hydroxylation is 1. The van der Waals surface area contributed by atoms with Gasteiger partial charge in [-0.15, -0.1) is 0 Å². The van der Waals surface area contributed by atoms with Gasteiger partial charge in [0.05, 0.1) is 0 Å². The van der Waals surface area contributed by atoms with Crippen LogP contribution < -0.4 is 16.8 Å². The van der Waals surface area contributed by atoms with Gasteiger partial charge >= 0.3 is 6.09 Å². The topological polar surface area (TPSA) is 118 Å². The summed E-state index contributed by atoms with van der Waals surface area (Å²) in [6.07, 6.45) is -0.549. The van der Waals surface area contributed by atoms with Gasteiger partial charge in [0.15, 0.2) is 0 Å². The molecule has 1 aromatic rings. The first-order chi connectivity index (χ1) is 8.88. The zero-order valence-electron chi connectivity index (χ0n) is 10.8. The lowest BCUT2D eigenvalue weighted by Gasteiger charge is -2.18. The molecule has 2 atom stereocenters. The Kier molecular flexibility index (Phi) is 5.32. The van der Waals surface area contributed by atoms with E-state index in [1.54, 1.807) is 0 Å². The zero-order chi connectivity index (χ0) is 14.4. The summed E-state index contributed by atoms with van der Waals surface area (Å²) in [5.74, 6) is -0.721. The first-order valence-corrected chi connectivity index (χ1v) is 5.98. The molecule has 2 amide bonds. The third kappa shape index (κ3) is 5.39. The standard InChI is InChI=1S/C13H19N3O3/c1-8-2-4-9(5-3-8)6-10(14)7-11(12(15)17)16-13(18)19/h2-5,10-11,16H,6-7,14H2,1H3,(H2,15,17)(H,18,19). The lowest BCUT2D eigenvalue weighted by atomic mass is 9.99. The number of rotatable bonds is 6. The summed E-state index contributed by atoms with van der Waals surface area (Å²) in [7, 11) is 0. The molecule has 0 saturated carbocycles. The largest absolute Gasteiger partial charge is 0.465 e. The average molecular weight is 265 g/mol. The SMILES string of the molecule is Cc1ccc(CC(N)CC(NC(=O)O)C(N)=O)cc1. The van der Waals surface area contributed by atoms with Crippen LogP contribution in [0.1, 0.15) is 17.5 Å². The van der Waals surface area contributed by atoms with Crippen molar-refractivity contribution in [1.82, 2.24) is 5.32 Å². The van der Waals surface area contributed by atoms with E-state index in [9.17, 15) is 9.59 Å². The van der Waals surface area contributed by atoms with Crippen LogP contribution in [0.3, 0.4) is 0 Å². The van der Waals surface area contributed by atoms with E-state index in [-0.39, 0.29) is 12.5 Å². The van der Waals surface area contributed by atoms with Crippen LogP contribution in [-0.4, -0.2) is 29.2 Å². The molecular weight excluding hydrogens is 246 g/mol. The number of hydrogen-bond donors (Lipinski definition) is 4. The molecular formula is C13H19N3O3. The van der Waals surface area contributed by atoms with E-state index in [4.69, 9.17) is 16.6 Å². The van der Waals surface area contributed by atoms with E-state index in [0.29, 0.717) is 6.42 Å². The van der Waals surface area contributed by atoms with Crippen molar-refractivity contribution in [2.45, 2.75) is 31.8 Å². The molecule has 6 nitrogen and oxygen atoms in total. The number of nitrogens with two attached hydrogens (primary N) is 2. The summed E-state index contributed by atoms with van der Waals surface area (Å²) in [5, 5.41) is 10.7. The minimum absolute atomic E-state index is 0.176. The average Bonchev–Trinajstić information content (AvgIpc) is 2.30. The van der Waals surface area contributed by atoms with Crippen molar-refractivity contribution in [3.63, 3.8) is 0 Å². The molecule has 0 aromatic heterocycles. The molecule has 2 unspecified atom stereocenters. The molecule has 1 rings (SSSR count). The Labute approximate surface area is 111 Å². The Morgan fingerprint density at radius 2 is 1.89 bits per heavy atom. The number of primary amides is 1. The van der Waals surface area contributed by atoms with Gasteiger partial charge in [0.2, 0.25) is 5.91 Å². The Hall–Kier alpha value is -2.08. The molecule has 0 heterocycles. The summed E-state index contributed by atoms with van der Waals surface area (Å²) < 4.78 is 0. The van der Waals surface area contributed by atoms with Crippen LogP contribution >= 0.6 is 0 Å². The number of nitrogens with one attached hydrogen (secondary N) is 1. The lowest BCUT2D eigenvalue weighted by molar-refractivity contribution is -0.120. The highest BCUT2D eigenvalue weighted by atomic mass is 16.4. The number of carboxylic acid groups (broad SMARTS) is 1. The van der Waals surface area contributed by atoms with Gasteiger partial charge < -0.3 is 21.9 Å². The van der Waals surface area contributed by atoms with Gasteiger partial charge in [0, 0.05) is 6.04 Å². The molecule has 19 heavy (non-hydrogen) atoms. The Morgan fingerprint density at radius 1 is 1.32 bits per heavy atom. The predicted molar refractivity (Wildman–Crippen MR) is 71.6 cm³/mol. The maximum absolute atomic E-state index is 11.1. The molecule has 0 aliphatic carbocycles. The van der Waals surface area contributed by atoms with Crippen LogP contribution in [0.5, 0.6) is 0 Å². The molecule has 0 saturated heterocycles. The van der Waals surface area contributed by atoms with Gasteiger partial charge in [-0.05, 0) is 25.3 Å². The van der Waals surface area contributed by atoms with Crippen molar-refractivity contribution < 1.29 is 14.7 Å². The van der Waals surface area contributed by atoms with Gasteiger partial charge in [0.25, 0.3) is 0 Å². The monoisotopic (exact) mass is 265 g/mol. The van der Waals surface area contributed by atoms with Gasteiger partial charge in [-0.25, -0.2) is 4.79 Å². The molecule has 6 N–H and O–H groups in total. The number of carbonyl (C=O) groups excluding carboxylic acids is 1. The van der Waals surface area contributed by atoms with Gasteiger partial charge in [-0.3, -0.25) is 4.79 Å². The third-order valence-electron chi connectivity index (χ3n) is 2.80. The summed E-state index contributed by atoms with van der Waals surface area (Å²) in [5.41, 5.74) is 13.2. The van der Waals surface area contributed by atoms with Crippen LogP contribution in [0.2, 0.25) is 0 Å². The molecule has 0 radical (unpaired) electrons. The highest BCUT2D eigenvalue weighted by molar-refractivity contribution is 5.83. The first-order valence-electron chi connectivity index (χ1n) is 5.98. The summed E-state index contributed by atoms with van der Waals surface area (Å²) in [4.78, 5) is 21.6. The van der Waals surface area contributed by atoms with Gasteiger partial charge in [-0.1, -0.05) is 29.8 Å². The van der Waals surface area contributed by atoms with Gasteiger partial charge in [0.1, 0.15) is 6.04 Å². The minimum atomic E-state index is -1.29. The fourth-order valence-corrected chi connectivity index (χ4v) is 1.81. The molecule has 104 valence electrons. The number of carbonyl (C=O) groups is 2. The number of amides is 2. The second-order valence-corrected chi connectivity index (χ2v) is 4.59. The normalized spacial score (nSPS) is 13.6. The molecule has 1 aromatic carbocycles. The third-order valence-corrected chi connectivity index (χ3v) is 2.80. The van der Waals surface area contributed by atoms with Crippen molar-refractivity contribution >= 4 is 12.0 Å². The maximum Gasteiger partial charge on any atom is 0.405 e. The minimum Gasteiger partial charge on any atom is -0.465 e. The van der Waals surface area contributed by atoms with E-state index in [0.717, 1.165) is 11.1 Å². The summed E-state index contributed by atoms with van der Waals surface area (Å²) in [6, 6.07) is 6.56. The molecule has 0 aliphatic rings. The predicted octanol–water partition coefficient (Wildman–Crippen LogP) is 0.376. The highest BCUT2D eigenvalue weighted by Crippen LogP contribution is 2.08. The Morgan fingerprint density at radius 3 is 2.37 bits per heavy atom. The fraction of sp³-hybridized carbons (Fsp3) is 0.385. The van der Waals surface area contributed by atoms with Crippen molar-refractivity contribution in [1.29, 1.82) is 0 Å². The van der Waals surface area contributed by atoms with E-state index < -0.39 is 18.0 Å². The van der Waals surface area contributed by atoms with E-state index in [2.05, 4.69) is 5.32 Å². The molecule has 0 aliphatic heterocycles. The van der Waals surface area contributed by atoms with Crippen LogP contribution in [0.4, 0.5) is 4.79 Å². The van der Waals surface area contributed by atoms with Crippen molar-refractivity contribution in [3.8, 4) is 0 Å². The van der Waals surface area contributed by atoms with Crippen molar-refractivity contribution in [2.75, 3.05) is 0 Å². The molecule has 0 spiro atoms. The first kappa shape index (κ1) is 15.0. The summed E-state index contributed by atoms with van der Waals surface area (Å²) >= 11 is 0. The number of benzene rings is 1. The van der Waals surface area contributed by atoms with E-state index in [1.807, 2.05) is 31.2 Å². The lowest BCUT2D eigenvalue weighted by Crippen LogP contribution is -2.47. The van der Waals surface area contributed by atoms with E-state index in [1.165, 1.54) is 0 Å². The van der Waals surface area contributed by atoms with Crippen LogP contribution in [0.15, 0.2) is 24.3 Å².